The number of fused-ring (bicyclic) bond motifs is 1. The molecule has 1 aromatic carbocycles. The summed E-state index contributed by atoms with van der Waals surface area (Å²) >= 11 is 12.2. The van der Waals surface area contributed by atoms with E-state index in [0.717, 1.165) is 12.8 Å². The quantitative estimate of drug-likeness (QED) is 0.396. The van der Waals surface area contributed by atoms with Crippen molar-refractivity contribution in [1.82, 2.24) is 19.5 Å². The topological polar surface area (TPSA) is 120 Å². The number of anilines is 3. The number of hydrogen-bond acceptors (Lipinski definition) is 7. The van der Waals surface area contributed by atoms with Gasteiger partial charge in [0.05, 0.1) is 23.0 Å². The lowest BCUT2D eigenvalue weighted by Crippen LogP contribution is -2.33. The second-order valence-electron chi connectivity index (χ2n) is 9.53. The fourth-order valence-electron chi connectivity index (χ4n) is 5.10. The summed E-state index contributed by atoms with van der Waals surface area (Å²) in [5, 5.41) is 6.81. The molecule has 1 saturated heterocycles. The monoisotopic (exact) mass is 535 g/mol. The van der Waals surface area contributed by atoms with Gasteiger partial charge in [0.15, 0.2) is 5.65 Å². The van der Waals surface area contributed by atoms with Crippen LogP contribution in [0.1, 0.15) is 51.5 Å². The third-order valence-corrected chi connectivity index (χ3v) is 7.48. The molecule has 1 saturated carbocycles. The van der Waals surface area contributed by atoms with Crippen LogP contribution in [0.4, 0.5) is 22.0 Å². The Bertz CT molecular complexity index is 1260. The average Bonchev–Trinajstić information content (AvgIpc) is 3.18. The number of nitrogens with two attached hydrogens (primary N) is 1. The number of primary amides is 1. The Morgan fingerprint density at radius 2 is 1.97 bits per heavy atom. The highest BCUT2D eigenvalue weighted by Gasteiger charge is 2.30. The summed E-state index contributed by atoms with van der Waals surface area (Å²) in [7, 11) is 0. The van der Waals surface area contributed by atoms with E-state index in [1.54, 1.807) is 6.20 Å². The maximum absolute atomic E-state index is 14.8. The number of benzene rings is 1. The summed E-state index contributed by atoms with van der Waals surface area (Å²) in [6, 6.07) is 2.84. The SMILES string of the molecule is C[C@H]1C[C@@H](Nc2ncc3nc(Nc4c(F)cc(Cl)cc4Cl)n(C4CCC(C(N)=O)CC4)c3n2)CCO1. The first-order chi connectivity index (χ1) is 17.3. The molecule has 12 heteroatoms. The van der Waals surface area contributed by atoms with E-state index >= 15 is 0 Å². The molecule has 0 bridgehead atoms. The van der Waals surface area contributed by atoms with Gasteiger partial charge in [0, 0.05) is 29.6 Å². The van der Waals surface area contributed by atoms with Gasteiger partial charge in [-0.1, -0.05) is 23.2 Å². The molecule has 1 aliphatic carbocycles. The second kappa shape index (κ2) is 10.4. The van der Waals surface area contributed by atoms with Gasteiger partial charge < -0.3 is 21.1 Å². The average molecular weight is 536 g/mol. The van der Waals surface area contributed by atoms with Gasteiger partial charge in [0.2, 0.25) is 17.8 Å². The standard InChI is InChI=1S/C24H28Cl2FN7O2/c1-12-8-15(6-7-36-12)30-23-29-11-19-22(33-23)34(16-4-2-13(3-5-16)21(28)35)24(31-19)32-20-17(26)9-14(25)10-18(20)27/h9-13,15-16H,2-8H2,1H3,(H2,28,35)(H,31,32)(H,29,30,33)/t12-,13?,15-,16?/m0/s1. The van der Waals surface area contributed by atoms with E-state index in [2.05, 4.69) is 20.6 Å². The zero-order valence-electron chi connectivity index (χ0n) is 19.8. The van der Waals surface area contributed by atoms with E-state index in [4.69, 9.17) is 38.7 Å². The van der Waals surface area contributed by atoms with Crippen LogP contribution in [0, 0.1) is 11.7 Å². The minimum atomic E-state index is -0.592. The highest BCUT2D eigenvalue weighted by molar-refractivity contribution is 6.36. The lowest BCUT2D eigenvalue weighted by atomic mass is 9.85. The first kappa shape index (κ1) is 25.0. The molecule has 36 heavy (non-hydrogen) atoms. The normalized spacial score (nSPS) is 24.6. The van der Waals surface area contributed by atoms with Crippen LogP contribution in [0.2, 0.25) is 10.0 Å². The molecule has 9 nitrogen and oxygen atoms in total. The molecule has 4 N–H and O–H groups in total. The molecular formula is C24H28Cl2FN7O2. The Kier molecular flexibility index (Phi) is 7.18. The predicted molar refractivity (Wildman–Crippen MR) is 137 cm³/mol. The minimum Gasteiger partial charge on any atom is -0.378 e. The van der Waals surface area contributed by atoms with Crippen molar-refractivity contribution < 1.29 is 13.9 Å². The number of nitrogens with zero attached hydrogens (tertiary/aromatic N) is 4. The molecule has 2 aromatic heterocycles. The van der Waals surface area contributed by atoms with Crippen molar-refractivity contribution >= 4 is 57.9 Å². The lowest BCUT2D eigenvalue weighted by molar-refractivity contribution is -0.122. The molecule has 3 aromatic rings. The summed E-state index contributed by atoms with van der Waals surface area (Å²) in [6.07, 6.45) is 6.27. The number of ether oxygens (including phenoxy) is 1. The smallest absolute Gasteiger partial charge is 0.224 e. The Hall–Kier alpha value is -2.69. The van der Waals surface area contributed by atoms with E-state index in [-0.39, 0.29) is 45.7 Å². The maximum atomic E-state index is 14.8. The number of rotatable bonds is 6. The van der Waals surface area contributed by atoms with Crippen molar-refractivity contribution in [1.29, 1.82) is 0 Å². The molecule has 2 aliphatic rings. The Morgan fingerprint density at radius 1 is 1.19 bits per heavy atom. The number of amides is 1. The van der Waals surface area contributed by atoms with E-state index in [1.807, 2.05) is 11.5 Å². The predicted octanol–water partition coefficient (Wildman–Crippen LogP) is 5.21. The van der Waals surface area contributed by atoms with Crippen LogP contribution in [0.15, 0.2) is 18.3 Å². The number of halogens is 3. The molecule has 3 heterocycles. The number of aromatic nitrogens is 4. The van der Waals surface area contributed by atoms with Gasteiger partial charge in [-0.25, -0.2) is 14.4 Å². The van der Waals surface area contributed by atoms with Crippen LogP contribution in [0.5, 0.6) is 0 Å². The number of nitrogens with one attached hydrogen (secondary N) is 2. The van der Waals surface area contributed by atoms with E-state index < -0.39 is 5.82 Å². The molecule has 1 amide bonds. The molecule has 0 spiro atoms. The van der Waals surface area contributed by atoms with Crippen molar-refractivity contribution in [3.63, 3.8) is 0 Å². The molecule has 192 valence electrons. The van der Waals surface area contributed by atoms with Crippen LogP contribution in [0.25, 0.3) is 11.2 Å². The summed E-state index contributed by atoms with van der Waals surface area (Å²) in [6.45, 7) is 2.73. The van der Waals surface area contributed by atoms with Gasteiger partial charge in [0.1, 0.15) is 11.3 Å². The van der Waals surface area contributed by atoms with E-state index in [0.29, 0.717) is 55.4 Å². The zero-order chi connectivity index (χ0) is 25.4. The largest absolute Gasteiger partial charge is 0.378 e. The van der Waals surface area contributed by atoms with Gasteiger partial charge in [-0.2, -0.15) is 4.98 Å². The Labute approximate surface area is 217 Å². The fourth-order valence-corrected chi connectivity index (χ4v) is 5.61. The number of carbonyl (C=O) groups is 1. The second-order valence-corrected chi connectivity index (χ2v) is 10.4. The van der Waals surface area contributed by atoms with Crippen molar-refractivity contribution in [2.45, 2.75) is 63.6 Å². The van der Waals surface area contributed by atoms with Crippen LogP contribution in [-0.4, -0.2) is 44.2 Å². The zero-order valence-corrected chi connectivity index (χ0v) is 21.3. The molecule has 2 fully saturated rings. The number of imidazole rings is 1. The van der Waals surface area contributed by atoms with Crippen molar-refractivity contribution in [3.05, 3.63) is 34.2 Å². The molecule has 5 rings (SSSR count). The first-order valence-corrected chi connectivity index (χ1v) is 12.9. The van der Waals surface area contributed by atoms with E-state index in [1.165, 1.54) is 12.1 Å². The van der Waals surface area contributed by atoms with Crippen LogP contribution in [-0.2, 0) is 9.53 Å². The van der Waals surface area contributed by atoms with Crippen molar-refractivity contribution in [2.75, 3.05) is 17.2 Å². The maximum Gasteiger partial charge on any atom is 0.224 e. The number of hydrogen-bond donors (Lipinski definition) is 3. The molecule has 2 atom stereocenters. The van der Waals surface area contributed by atoms with Crippen molar-refractivity contribution in [2.24, 2.45) is 11.7 Å². The third-order valence-electron chi connectivity index (χ3n) is 6.96. The van der Waals surface area contributed by atoms with Crippen LogP contribution < -0.4 is 16.4 Å². The Balaban J connectivity index is 1.51. The molecule has 0 radical (unpaired) electrons. The minimum absolute atomic E-state index is 0.0203. The highest BCUT2D eigenvalue weighted by Crippen LogP contribution is 2.38. The molecule has 1 aliphatic heterocycles. The molecule has 0 unspecified atom stereocenters. The molecular weight excluding hydrogens is 508 g/mol. The lowest BCUT2D eigenvalue weighted by Gasteiger charge is -2.29. The van der Waals surface area contributed by atoms with Gasteiger partial charge in [-0.3, -0.25) is 9.36 Å². The number of carbonyl (C=O) groups excluding carboxylic acids is 1. The highest BCUT2D eigenvalue weighted by atomic mass is 35.5. The summed E-state index contributed by atoms with van der Waals surface area (Å²) in [4.78, 5) is 25.7. The van der Waals surface area contributed by atoms with Crippen LogP contribution in [0.3, 0.4) is 0 Å². The van der Waals surface area contributed by atoms with Crippen LogP contribution >= 0.6 is 23.2 Å². The van der Waals surface area contributed by atoms with E-state index in [9.17, 15) is 9.18 Å². The summed E-state index contributed by atoms with van der Waals surface area (Å²) in [5.74, 6) is -0.141. The summed E-state index contributed by atoms with van der Waals surface area (Å²) < 4.78 is 22.4. The summed E-state index contributed by atoms with van der Waals surface area (Å²) in [5.41, 5.74) is 6.79. The Morgan fingerprint density at radius 3 is 2.67 bits per heavy atom. The first-order valence-electron chi connectivity index (χ1n) is 12.1. The van der Waals surface area contributed by atoms with Crippen molar-refractivity contribution in [3.8, 4) is 0 Å². The fraction of sp³-hybridized carbons (Fsp3) is 0.500. The van der Waals surface area contributed by atoms with Gasteiger partial charge in [0.25, 0.3) is 0 Å². The third kappa shape index (κ3) is 5.21. The van der Waals surface area contributed by atoms with Gasteiger partial charge in [-0.15, -0.1) is 0 Å². The van der Waals surface area contributed by atoms with Gasteiger partial charge >= 0.3 is 0 Å². The van der Waals surface area contributed by atoms with Gasteiger partial charge in [-0.05, 0) is 57.6 Å².